The van der Waals surface area contributed by atoms with Crippen LogP contribution in [0.2, 0.25) is 0 Å². The quantitative estimate of drug-likeness (QED) is 0.696. The zero-order chi connectivity index (χ0) is 20.0. The highest BCUT2D eigenvalue weighted by Crippen LogP contribution is 2.31. The van der Waals surface area contributed by atoms with Crippen molar-refractivity contribution >= 4 is 30.2 Å². The molecule has 0 fully saturated rings. The van der Waals surface area contributed by atoms with Crippen LogP contribution in [-0.2, 0) is 15.8 Å². The maximum Gasteiger partial charge on any atom is 0.433 e. The van der Waals surface area contributed by atoms with Crippen LogP contribution < -0.4 is 5.32 Å². The van der Waals surface area contributed by atoms with Gasteiger partial charge in [-0.3, -0.25) is 4.79 Å². The van der Waals surface area contributed by atoms with E-state index in [0.717, 1.165) is 6.07 Å². The van der Waals surface area contributed by atoms with Crippen LogP contribution in [0.5, 0.6) is 0 Å². The predicted molar refractivity (Wildman–Crippen MR) is 95.9 cm³/mol. The molecule has 1 aliphatic carbocycles. The van der Waals surface area contributed by atoms with Crippen LogP contribution in [0, 0.1) is 5.41 Å². The average molecular weight is 409 g/mol. The van der Waals surface area contributed by atoms with Gasteiger partial charge < -0.3 is 15.5 Å². The summed E-state index contributed by atoms with van der Waals surface area (Å²) in [4.78, 5) is 24.7. The summed E-state index contributed by atoms with van der Waals surface area (Å²) in [6.45, 7) is 3.85. The maximum absolute atomic E-state index is 12.1. The molecule has 0 amide bonds. The standard InChI is InChI=1S/C9H10O4.C8H9F3N2.ClH/c1-9(8(12)13)4-2-3-6(5-9)7(10)11;1-2-12-7-5-3-4-6(13-7)8(9,10)11;/h2-4H,5H2,1H3,(H,10,11)(H,12,13);3-5H,2H2,1H3,(H,12,13);1H. The number of rotatable bonds is 4. The number of hydrogen-bond acceptors (Lipinski definition) is 4. The van der Waals surface area contributed by atoms with Gasteiger partial charge in [0.05, 0.1) is 5.41 Å². The van der Waals surface area contributed by atoms with Gasteiger partial charge in [0.15, 0.2) is 0 Å². The third-order valence-electron chi connectivity index (χ3n) is 3.48. The predicted octanol–water partition coefficient (Wildman–Crippen LogP) is 4.00. The minimum absolute atomic E-state index is 0. The van der Waals surface area contributed by atoms with Crippen LogP contribution in [-0.4, -0.2) is 33.7 Å². The molecular formula is C17H20ClF3N2O4. The van der Waals surface area contributed by atoms with Gasteiger partial charge >= 0.3 is 18.1 Å². The Labute approximate surface area is 160 Å². The van der Waals surface area contributed by atoms with Crippen LogP contribution in [0.4, 0.5) is 19.0 Å². The summed E-state index contributed by atoms with van der Waals surface area (Å²) in [7, 11) is 0. The number of halogens is 4. The molecule has 1 aromatic rings. The number of nitrogens with zero attached hydrogens (tertiary/aromatic N) is 1. The highest BCUT2D eigenvalue weighted by atomic mass is 35.5. The summed E-state index contributed by atoms with van der Waals surface area (Å²) in [5, 5.41) is 20.2. The fourth-order valence-corrected chi connectivity index (χ4v) is 2.06. The number of carboxylic acid groups (broad SMARTS) is 2. The zero-order valence-electron chi connectivity index (χ0n) is 14.6. The molecule has 0 aromatic carbocycles. The van der Waals surface area contributed by atoms with Crippen molar-refractivity contribution in [1.29, 1.82) is 0 Å². The van der Waals surface area contributed by atoms with Gasteiger partial charge in [-0.2, -0.15) is 13.2 Å². The van der Waals surface area contributed by atoms with Crippen molar-refractivity contribution in [1.82, 2.24) is 4.98 Å². The fraction of sp³-hybridized carbons (Fsp3) is 0.353. The van der Waals surface area contributed by atoms with Gasteiger partial charge in [-0.05, 0) is 32.4 Å². The van der Waals surface area contributed by atoms with Gasteiger partial charge in [0.25, 0.3) is 0 Å². The number of aliphatic carboxylic acids is 2. The first-order valence-corrected chi connectivity index (χ1v) is 7.63. The molecule has 1 aromatic heterocycles. The summed E-state index contributed by atoms with van der Waals surface area (Å²) in [6, 6.07) is 3.77. The van der Waals surface area contributed by atoms with Gasteiger partial charge in [0.1, 0.15) is 11.5 Å². The maximum atomic E-state index is 12.1. The lowest BCUT2D eigenvalue weighted by atomic mass is 9.80. The molecule has 0 spiro atoms. The smallest absolute Gasteiger partial charge is 0.433 e. The van der Waals surface area contributed by atoms with Gasteiger partial charge in [0, 0.05) is 12.1 Å². The Kier molecular flexibility index (Phi) is 9.02. The lowest BCUT2D eigenvalue weighted by Crippen LogP contribution is -2.28. The van der Waals surface area contributed by atoms with Crippen molar-refractivity contribution in [2.24, 2.45) is 5.41 Å². The Bertz CT molecular complexity index is 735. The number of carbonyl (C=O) groups is 2. The molecule has 2 rings (SSSR count). The fourth-order valence-electron chi connectivity index (χ4n) is 2.06. The molecule has 0 saturated heterocycles. The van der Waals surface area contributed by atoms with Crippen LogP contribution in [0.3, 0.4) is 0 Å². The monoisotopic (exact) mass is 408 g/mol. The Morgan fingerprint density at radius 1 is 1.30 bits per heavy atom. The molecule has 1 heterocycles. The van der Waals surface area contributed by atoms with E-state index in [1.807, 2.05) is 0 Å². The number of anilines is 1. The number of pyridine rings is 1. The second kappa shape index (κ2) is 9.96. The third-order valence-corrected chi connectivity index (χ3v) is 3.48. The van der Waals surface area contributed by atoms with Gasteiger partial charge in [-0.1, -0.05) is 24.3 Å². The van der Waals surface area contributed by atoms with Gasteiger partial charge in [0.2, 0.25) is 0 Å². The van der Waals surface area contributed by atoms with Crippen LogP contribution in [0.25, 0.3) is 0 Å². The normalized spacial score (nSPS) is 18.3. The molecule has 0 radical (unpaired) electrons. The van der Waals surface area contributed by atoms with Crippen LogP contribution in [0.1, 0.15) is 26.0 Å². The number of hydrogen-bond donors (Lipinski definition) is 3. The van der Waals surface area contributed by atoms with Crippen LogP contribution >= 0.6 is 12.4 Å². The molecule has 27 heavy (non-hydrogen) atoms. The minimum atomic E-state index is -4.37. The molecule has 0 saturated carbocycles. The number of alkyl halides is 3. The van der Waals surface area contributed by atoms with E-state index in [1.165, 1.54) is 37.3 Å². The molecule has 0 bridgehead atoms. The molecular weight excluding hydrogens is 389 g/mol. The van der Waals surface area contributed by atoms with E-state index in [-0.39, 0.29) is 30.2 Å². The first-order chi connectivity index (χ1) is 12.0. The Balaban J connectivity index is 0.000000483. The Morgan fingerprint density at radius 3 is 2.41 bits per heavy atom. The van der Waals surface area contributed by atoms with E-state index < -0.39 is 29.2 Å². The summed E-state index contributed by atoms with van der Waals surface area (Å²) in [6.07, 6.45) is 0.0649. The van der Waals surface area contributed by atoms with Crippen molar-refractivity contribution in [3.63, 3.8) is 0 Å². The largest absolute Gasteiger partial charge is 0.481 e. The summed E-state index contributed by atoms with van der Waals surface area (Å²) < 4.78 is 36.4. The van der Waals surface area contributed by atoms with Crippen molar-refractivity contribution in [3.05, 3.63) is 47.7 Å². The highest BCUT2D eigenvalue weighted by Gasteiger charge is 2.34. The van der Waals surface area contributed by atoms with Crippen molar-refractivity contribution in [2.75, 3.05) is 11.9 Å². The summed E-state index contributed by atoms with van der Waals surface area (Å²) in [5.41, 5.74) is -1.82. The minimum Gasteiger partial charge on any atom is -0.481 e. The Morgan fingerprint density at radius 2 is 1.93 bits per heavy atom. The van der Waals surface area contributed by atoms with Crippen LogP contribution in [0.15, 0.2) is 42.0 Å². The highest BCUT2D eigenvalue weighted by molar-refractivity contribution is 5.90. The molecule has 150 valence electrons. The summed E-state index contributed by atoms with van der Waals surface area (Å²) in [5.74, 6) is -1.82. The zero-order valence-corrected chi connectivity index (χ0v) is 15.4. The number of allylic oxidation sites excluding steroid dienone is 2. The lowest BCUT2D eigenvalue weighted by molar-refractivity contribution is -0.145. The molecule has 1 atom stereocenters. The van der Waals surface area contributed by atoms with Crippen molar-refractivity contribution < 1.29 is 33.0 Å². The molecule has 1 aliphatic rings. The molecule has 1 unspecified atom stereocenters. The Hall–Kier alpha value is -2.55. The second-order valence-corrected chi connectivity index (χ2v) is 5.69. The molecule has 10 heteroatoms. The van der Waals surface area contributed by atoms with Gasteiger partial charge in [-0.15, -0.1) is 12.4 Å². The second-order valence-electron chi connectivity index (χ2n) is 5.69. The first kappa shape index (κ1) is 24.5. The van der Waals surface area contributed by atoms with Crippen molar-refractivity contribution in [3.8, 4) is 0 Å². The average Bonchev–Trinajstić information content (AvgIpc) is 2.55. The van der Waals surface area contributed by atoms with Gasteiger partial charge in [-0.25, -0.2) is 9.78 Å². The molecule has 3 N–H and O–H groups in total. The molecule has 6 nitrogen and oxygen atoms in total. The molecule has 0 aliphatic heterocycles. The topological polar surface area (TPSA) is 99.5 Å². The van der Waals surface area contributed by atoms with E-state index in [0.29, 0.717) is 6.54 Å². The van der Waals surface area contributed by atoms with E-state index >= 15 is 0 Å². The third kappa shape index (κ3) is 7.30. The van der Waals surface area contributed by atoms with E-state index in [4.69, 9.17) is 10.2 Å². The van der Waals surface area contributed by atoms with Crippen molar-refractivity contribution in [2.45, 2.75) is 26.4 Å². The first-order valence-electron chi connectivity index (χ1n) is 7.63. The number of aromatic nitrogens is 1. The lowest BCUT2D eigenvalue weighted by Gasteiger charge is -2.23. The van der Waals surface area contributed by atoms with E-state index in [2.05, 4.69) is 10.3 Å². The summed E-state index contributed by atoms with van der Waals surface area (Å²) >= 11 is 0. The number of carboxylic acids is 2. The van der Waals surface area contributed by atoms with E-state index in [1.54, 1.807) is 6.92 Å². The van der Waals surface area contributed by atoms with E-state index in [9.17, 15) is 22.8 Å². The SMILES string of the molecule is CC1(C(=O)O)C=CC=C(C(=O)O)C1.CCNc1cccc(C(F)(F)F)n1.Cl. The number of nitrogens with one attached hydrogen (secondary N) is 1.